The number of benzene rings is 1. The Morgan fingerprint density at radius 2 is 1.76 bits per heavy atom. The molecule has 156 valence electrons. The molecule has 0 bridgehead atoms. The van der Waals surface area contributed by atoms with Crippen LogP contribution in [0.15, 0.2) is 30.3 Å². The van der Waals surface area contributed by atoms with E-state index < -0.39 is 5.97 Å². The highest BCUT2D eigenvalue weighted by Crippen LogP contribution is 2.23. The molecule has 1 aromatic heterocycles. The van der Waals surface area contributed by atoms with Crippen molar-refractivity contribution in [1.29, 1.82) is 0 Å². The quantitative estimate of drug-likeness (QED) is 0.478. The Labute approximate surface area is 171 Å². The normalized spacial score (nSPS) is 10.7. The second-order valence-corrected chi connectivity index (χ2v) is 6.72. The van der Waals surface area contributed by atoms with Gasteiger partial charge in [-0.1, -0.05) is 18.2 Å². The monoisotopic (exact) mass is 400 g/mol. The third-order valence-electron chi connectivity index (χ3n) is 4.89. The molecule has 2 rings (SSSR count). The standard InChI is InChI=1S/C22H28N2O5/c1-6-29-22(27)20-15(2)19(16(3)23(20)4)18(25)14-24(12-13-28-5)21(26)17-10-8-7-9-11-17/h7-11H,6,12-14H2,1-5H3. The number of hydrogen-bond donors (Lipinski definition) is 0. The fourth-order valence-electron chi connectivity index (χ4n) is 3.35. The average Bonchev–Trinajstić information content (AvgIpc) is 2.93. The molecule has 0 aliphatic heterocycles. The van der Waals surface area contributed by atoms with Gasteiger partial charge in [-0.3, -0.25) is 9.59 Å². The Hall–Kier alpha value is -2.93. The summed E-state index contributed by atoms with van der Waals surface area (Å²) in [7, 11) is 3.27. The summed E-state index contributed by atoms with van der Waals surface area (Å²) >= 11 is 0. The molecular formula is C22H28N2O5. The highest BCUT2D eigenvalue weighted by molar-refractivity contribution is 6.06. The zero-order chi connectivity index (χ0) is 21.6. The third-order valence-corrected chi connectivity index (χ3v) is 4.89. The van der Waals surface area contributed by atoms with Crippen molar-refractivity contribution in [2.75, 3.05) is 33.4 Å². The van der Waals surface area contributed by atoms with Crippen LogP contribution < -0.4 is 0 Å². The van der Waals surface area contributed by atoms with Crippen molar-refractivity contribution in [3.05, 3.63) is 58.4 Å². The van der Waals surface area contributed by atoms with Crippen LogP contribution in [0.1, 0.15) is 49.4 Å². The van der Waals surface area contributed by atoms with Gasteiger partial charge in [0, 0.05) is 37.5 Å². The second kappa shape index (κ2) is 10.0. The number of nitrogens with zero attached hydrogens (tertiary/aromatic N) is 2. The number of amides is 1. The minimum absolute atomic E-state index is 0.106. The molecule has 0 fully saturated rings. The van der Waals surface area contributed by atoms with Crippen LogP contribution in [0.3, 0.4) is 0 Å². The first-order chi connectivity index (χ1) is 13.8. The minimum Gasteiger partial charge on any atom is -0.461 e. The summed E-state index contributed by atoms with van der Waals surface area (Å²) in [4.78, 5) is 39.8. The summed E-state index contributed by atoms with van der Waals surface area (Å²) in [5.74, 6) is -0.939. The number of carbonyl (C=O) groups is 3. The average molecular weight is 400 g/mol. The zero-order valence-electron chi connectivity index (χ0n) is 17.7. The third kappa shape index (κ3) is 4.92. The van der Waals surface area contributed by atoms with Gasteiger partial charge in [-0.25, -0.2) is 4.79 Å². The molecule has 1 heterocycles. The predicted octanol–water partition coefficient (Wildman–Crippen LogP) is 2.79. The first-order valence-electron chi connectivity index (χ1n) is 9.52. The van der Waals surface area contributed by atoms with E-state index in [9.17, 15) is 14.4 Å². The number of aromatic nitrogens is 1. The Bertz CT molecular complexity index is 886. The maximum atomic E-state index is 13.1. The van der Waals surface area contributed by atoms with Crippen LogP contribution in [0.4, 0.5) is 0 Å². The Morgan fingerprint density at radius 1 is 1.10 bits per heavy atom. The fourth-order valence-corrected chi connectivity index (χ4v) is 3.35. The lowest BCUT2D eigenvalue weighted by molar-refractivity contribution is 0.0514. The molecule has 0 aliphatic rings. The summed E-state index contributed by atoms with van der Waals surface area (Å²) < 4.78 is 11.9. The van der Waals surface area contributed by atoms with Gasteiger partial charge in [-0.15, -0.1) is 0 Å². The van der Waals surface area contributed by atoms with Crippen LogP contribution in [0.25, 0.3) is 0 Å². The summed E-state index contributed by atoms with van der Waals surface area (Å²) in [5, 5.41) is 0. The van der Waals surface area contributed by atoms with Crippen molar-refractivity contribution in [3.8, 4) is 0 Å². The van der Waals surface area contributed by atoms with E-state index in [0.29, 0.717) is 34.7 Å². The van der Waals surface area contributed by atoms with Crippen molar-refractivity contribution in [3.63, 3.8) is 0 Å². The van der Waals surface area contributed by atoms with Crippen molar-refractivity contribution in [2.24, 2.45) is 7.05 Å². The molecule has 0 unspecified atom stereocenters. The van der Waals surface area contributed by atoms with E-state index in [0.717, 1.165) is 0 Å². The molecule has 7 nitrogen and oxygen atoms in total. The molecule has 0 N–H and O–H groups in total. The van der Waals surface area contributed by atoms with Crippen LogP contribution in [-0.4, -0.2) is 60.5 Å². The summed E-state index contributed by atoms with van der Waals surface area (Å²) in [6.07, 6.45) is 0. The van der Waals surface area contributed by atoms with E-state index in [2.05, 4.69) is 0 Å². The van der Waals surface area contributed by atoms with E-state index in [-0.39, 0.29) is 31.4 Å². The van der Waals surface area contributed by atoms with Gasteiger partial charge in [0.2, 0.25) is 0 Å². The van der Waals surface area contributed by atoms with Gasteiger partial charge in [-0.2, -0.15) is 0 Å². The van der Waals surface area contributed by atoms with Gasteiger partial charge in [0.1, 0.15) is 5.69 Å². The summed E-state index contributed by atoms with van der Waals surface area (Å²) in [5.41, 5.74) is 2.52. The number of ketones is 1. The first-order valence-corrected chi connectivity index (χ1v) is 9.52. The van der Waals surface area contributed by atoms with Gasteiger partial charge >= 0.3 is 5.97 Å². The lowest BCUT2D eigenvalue weighted by Crippen LogP contribution is -2.38. The Balaban J connectivity index is 2.33. The fraction of sp³-hybridized carbons (Fsp3) is 0.409. The van der Waals surface area contributed by atoms with E-state index in [4.69, 9.17) is 9.47 Å². The molecule has 0 atom stereocenters. The molecule has 29 heavy (non-hydrogen) atoms. The van der Waals surface area contributed by atoms with Gasteiger partial charge in [-0.05, 0) is 38.5 Å². The van der Waals surface area contributed by atoms with Gasteiger partial charge < -0.3 is 18.9 Å². The molecule has 0 aliphatic carbocycles. The van der Waals surface area contributed by atoms with Crippen molar-refractivity contribution in [1.82, 2.24) is 9.47 Å². The molecule has 1 amide bonds. The highest BCUT2D eigenvalue weighted by Gasteiger charge is 2.27. The van der Waals surface area contributed by atoms with E-state index in [1.54, 1.807) is 63.8 Å². The van der Waals surface area contributed by atoms with Crippen LogP contribution >= 0.6 is 0 Å². The maximum Gasteiger partial charge on any atom is 0.355 e. The van der Waals surface area contributed by atoms with Crippen molar-refractivity contribution < 1.29 is 23.9 Å². The lowest BCUT2D eigenvalue weighted by Gasteiger charge is -2.22. The molecule has 0 spiro atoms. The number of esters is 1. The van der Waals surface area contributed by atoms with E-state index in [1.807, 2.05) is 6.07 Å². The van der Waals surface area contributed by atoms with E-state index in [1.165, 1.54) is 4.90 Å². The Morgan fingerprint density at radius 3 is 2.34 bits per heavy atom. The Kier molecular flexibility index (Phi) is 7.73. The number of hydrogen-bond acceptors (Lipinski definition) is 5. The van der Waals surface area contributed by atoms with Crippen molar-refractivity contribution in [2.45, 2.75) is 20.8 Å². The lowest BCUT2D eigenvalue weighted by atomic mass is 10.0. The smallest absolute Gasteiger partial charge is 0.355 e. The highest BCUT2D eigenvalue weighted by atomic mass is 16.5. The number of Topliss-reactive ketones (excluding diaryl/α,β-unsaturated/α-hetero) is 1. The van der Waals surface area contributed by atoms with Crippen LogP contribution in [-0.2, 0) is 16.5 Å². The maximum absolute atomic E-state index is 13.1. The SMILES string of the molecule is CCOC(=O)c1c(C)c(C(=O)CN(CCOC)C(=O)c2ccccc2)c(C)n1C. The minimum atomic E-state index is -0.466. The topological polar surface area (TPSA) is 77.8 Å². The van der Waals surface area contributed by atoms with Crippen molar-refractivity contribution >= 4 is 17.7 Å². The zero-order valence-corrected chi connectivity index (χ0v) is 17.7. The molecular weight excluding hydrogens is 372 g/mol. The predicted molar refractivity (Wildman–Crippen MR) is 109 cm³/mol. The van der Waals surface area contributed by atoms with Crippen LogP contribution in [0.2, 0.25) is 0 Å². The number of ether oxygens (including phenoxy) is 2. The molecule has 0 saturated heterocycles. The number of rotatable bonds is 9. The van der Waals surface area contributed by atoms with Gasteiger partial charge in [0.05, 0.1) is 19.8 Å². The summed E-state index contributed by atoms with van der Waals surface area (Å²) in [6.45, 7) is 5.98. The van der Waals surface area contributed by atoms with Gasteiger partial charge in [0.15, 0.2) is 5.78 Å². The number of methoxy groups -OCH3 is 1. The largest absolute Gasteiger partial charge is 0.461 e. The second-order valence-electron chi connectivity index (χ2n) is 6.72. The summed E-state index contributed by atoms with van der Waals surface area (Å²) in [6, 6.07) is 8.81. The van der Waals surface area contributed by atoms with Crippen LogP contribution in [0, 0.1) is 13.8 Å². The van der Waals surface area contributed by atoms with Crippen LogP contribution in [0.5, 0.6) is 0 Å². The molecule has 0 radical (unpaired) electrons. The van der Waals surface area contributed by atoms with Gasteiger partial charge in [0.25, 0.3) is 5.91 Å². The first kappa shape index (κ1) is 22.4. The molecule has 0 saturated carbocycles. The molecule has 2 aromatic rings. The molecule has 1 aromatic carbocycles. The van der Waals surface area contributed by atoms with E-state index >= 15 is 0 Å². The number of carbonyl (C=O) groups excluding carboxylic acids is 3. The molecule has 7 heteroatoms.